The van der Waals surface area contributed by atoms with Crippen molar-refractivity contribution in [2.24, 2.45) is 0 Å². The van der Waals surface area contributed by atoms with Gasteiger partial charge < -0.3 is 19.5 Å². The first kappa shape index (κ1) is 20.0. The third kappa shape index (κ3) is 5.08. The van der Waals surface area contributed by atoms with Crippen LogP contribution in [0.3, 0.4) is 0 Å². The first-order valence-electron chi connectivity index (χ1n) is 8.28. The Morgan fingerprint density at radius 3 is 2.12 bits per heavy atom. The smallest absolute Gasteiger partial charge is 0.233 e. The van der Waals surface area contributed by atoms with E-state index in [1.54, 1.807) is 21.3 Å². The molecule has 0 bridgehead atoms. The molecule has 0 aliphatic rings. The van der Waals surface area contributed by atoms with Gasteiger partial charge in [-0.2, -0.15) is 0 Å². The molecule has 0 aromatic heterocycles. The van der Waals surface area contributed by atoms with Crippen molar-refractivity contribution < 1.29 is 19.0 Å². The van der Waals surface area contributed by atoms with Gasteiger partial charge in [-0.15, -0.1) is 11.8 Å². The predicted octanol–water partition coefficient (Wildman–Crippen LogP) is 3.82. The molecular formula is C20H25NO4S. The number of carbonyl (C=O) groups is 1. The maximum Gasteiger partial charge on any atom is 0.233 e. The van der Waals surface area contributed by atoms with Crippen LogP contribution in [0.1, 0.15) is 18.1 Å². The highest BCUT2D eigenvalue weighted by atomic mass is 32.2. The standard InChI is InChI=1S/C20H25NO4S/c1-13-6-8-16(9-7-13)26-14(2)20(22)21-12-15-10-17(23-3)19(25-5)18(11-15)24-4/h6-11,14H,12H2,1-5H3,(H,21,22)/t14-/m1/s1. The van der Waals surface area contributed by atoms with E-state index < -0.39 is 0 Å². The Hall–Kier alpha value is -2.34. The third-order valence-corrected chi connectivity index (χ3v) is 5.01. The van der Waals surface area contributed by atoms with Gasteiger partial charge in [0.1, 0.15) is 0 Å². The maximum atomic E-state index is 12.4. The molecule has 0 unspecified atom stereocenters. The lowest BCUT2D eigenvalue weighted by atomic mass is 10.1. The highest BCUT2D eigenvalue weighted by Crippen LogP contribution is 2.38. The summed E-state index contributed by atoms with van der Waals surface area (Å²) >= 11 is 1.54. The second-order valence-electron chi connectivity index (χ2n) is 5.82. The van der Waals surface area contributed by atoms with Gasteiger partial charge in [0, 0.05) is 11.4 Å². The molecule has 1 N–H and O–H groups in total. The van der Waals surface area contributed by atoms with Gasteiger partial charge in [-0.1, -0.05) is 17.7 Å². The fourth-order valence-corrected chi connectivity index (χ4v) is 3.34. The number of thioether (sulfide) groups is 1. The van der Waals surface area contributed by atoms with Crippen LogP contribution in [0.25, 0.3) is 0 Å². The second kappa shape index (κ2) is 9.38. The maximum absolute atomic E-state index is 12.4. The zero-order chi connectivity index (χ0) is 19.1. The molecule has 0 saturated heterocycles. The van der Waals surface area contributed by atoms with Gasteiger partial charge in [0.25, 0.3) is 0 Å². The molecule has 0 heterocycles. The van der Waals surface area contributed by atoms with Gasteiger partial charge in [-0.25, -0.2) is 0 Å². The molecule has 1 amide bonds. The van der Waals surface area contributed by atoms with Crippen molar-refractivity contribution >= 4 is 17.7 Å². The van der Waals surface area contributed by atoms with E-state index in [9.17, 15) is 4.79 Å². The lowest BCUT2D eigenvalue weighted by Crippen LogP contribution is -2.30. The minimum atomic E-state index is -0.195. The highest BCUT2D eigenvalue weighted by molar-refractivity contribution is 8.00. The van der Waals surface area contributed by atoms with E-state index in [1.807, 2.05) is 50.2 Å². The number of benzene rings is 2. The summed E-state index contributed by atoms with van der Waals surface area (Å²) in [6.45, 7) is 4.32. The van der Waals surface area contributed by atoms with E-state index >= 15 is 0 Å². The first-order valence-corrected chi connectivity index (χ1v) is 9.16. The molecule has 5 nitrogen and oxygen atoms in total. The molecule has 0 aliphatic carbocycles. The summed E-state index contributed by atoms with van der Waals surface area (Å²) in [6, 6.07) is 11.8. The van der Waals surface area contributed by atoms with Crippen molar-refractivity contribution in [2.75, 3.05) is 21.3 Å². The number of methoxy groups -OCH3 is 3. The molecule has 0 saturated carbocycles. The minimum Gasteiger partial charge on any atom is -0.493 e. The zero-order valence-corrected chi connectivity index (χ0v) is 16.6. The molecule has 1 atom stereocenters. The third-order valence-electron chi connectivity index (χ3n) is 3.89. The van der Waals surface area contributed by atoms with E-state index in [1.165, 1.54) is 17.3 Å². The van der Waals surface area contributed by atoms with Crippen molar-refractivity contribution in [3.05, 3.63) is 47.5 Å². The lowest BCUT2D eigenvalue weighted by molar-refractivity contribution is -0.120. The van der Waals surface area contributed by atoms with E-state index in [0.29, 0.717) is 23.8 Å². The Bertz CT molecular complexity index is 721. The fourth-order valence-electron chi connectivity index (χ4n) is 2.44. The van der Waals surface area contributed by atoms with Crippen LogP contribution >= 0.6 is 11.8 Å². The molecule has 6 heteroatoms. The van der Waals surface area contributed by atoms with Crippen LogP contribution < -0.4 is 19.5 Å². The number of carbonyl (C=O) groups excluding carboxylic acids is 1. The van der Waals surface area contributed by atoms with E-state index in [2.05, 4.69) is 5.32 Å². The molecule has 0 fully saturated rings. The monoisotopic (exact) mass is 375 g/mol. The molecule has 0 radical (unpaired) electrons. The normalized spacial score (nSPS) is 11.6. The van der Waals surface area contributed by atoms with Gasteiger partial charge in [0.2, 0.25) is 11.7 Å². The number of hydrogen-bond donors (Lipinski definition) is 1. The Labute approximate surface area is 159 Å². The van der Waals surface area contributed by atoms with Crippen molar-refractivity contribution in [3.63, 3.8) is 0 Å². The largest absolute Gasteiger partial charge is 0.493 e. The van der Waals surface area contributed by atoms with Crippen LogP contribution in [0, 0.1) is 6.92 Å². The average Bonchev–Trinajstić information content (AvgIpc) is 2.66. The molecule has 26 heavy (non-hydrogen) atoms. The summed E-state index contributed by atoms with van der Waals surface area (Å²) < 4.78 is 16.0. The van der Waals surface area contributed by atoms with Gasteiger partial charge in [0.05, 0.1) is 26.6 Å². The summed E-state index contributed by atoms with van der Waals surface area (Å²) in [5.74, 6) is 1.65. The van der Waals surface area contributed by atoms with E-state index in [4.69, 9.17) is 14.2 Å². The predicted molar refractivity (Wildman–Crippen MR) is 104 cm³/mol. The van der Waals surface area contributed by atoms with Crippen LogP contribution in [-0.2, 0) is 11.3 Å². The molecule has 2 aromatic carbocycles. The first-order chi connectivity index (χ1) is 12.5. The number of hydrogen-bond acceptors (Lipinski definition) is 5. The molecule has 2 aromatic rings. The van der Waals surface area contributed by atoms with Gasteiger partial charge in [0.15, 0.2) is 11.5 Å². The van der Waals surface area contributed by atoms with Crippen LogP contribution in [0.2, 0.25) is 0 Å². The highest BCUT2D eigenvalue weighted by Gasteiger charge is 2.16. The summed E-state index contributed by atoms with van der Waals surface area (Å²) in [5.41, 5.74) is 2.08. The number of aryl methyl sites for hydroxylation is 1. The van der Waals surface area contributed by atoms with Gasteiger partial charge in [-0.05, 0) is 43.7 Å². The Kier molecular flexibility index (Phi) is 7.21. The Morgan fingerprint density at radius 2 is 1.62 bits per heavy atom. The van der Waals surface area contributed by atoms with Crippen molar-refractivity contribution in [1.82, 2.24) is 5.32 Å². The number of amides is 1. The zero-order valence-electron chi connectivity index (χ0n) is 15.8. The Morgan fingerprint density at radius 1 is 1.04 bits per heavy atom. The quantitative estimate of drug-likeness (QED) is 0.711. The fraction of sp³-hybridized carbons (Fsp3) is 0.350. The van der Waals surface area contributed by atoms with E-state index in [0.717, 1.165) is 10.5 Å². The van der Waals surface area contributed by atoms with Crippen LogP contribution in [0.5, 0.6) is 17.2 Å². The average molecular weight is 375 g/mol. The van der Waals surface area contributed by atoms with Crippen molar-refractivity contribution in [3.8, 4) is 17.2 Å². The summed E-state index contributed by atoms with van der Waals surface area (Å²) in [5, 5.41) is 2.76. The van der Waals surface area contributed by atoms with Crippen molar-refractivity contribution in [2.45, 2.75) is 30.5 Å². The molecule has 0 spiro atoms. The number of rotatable bonds is 8. The van der Waals surface area contributed by atoms with Gasteiger partial charge >= 0.3 is 0 Å². The summed E-state index contributed by atoms with van der Waals surface area (Å²) in [4.78, 5) is 13.5. The number of nitrogens with one attached hydrogen (secondary N) is 1. The molecule has 0 aliphatic heterocycles. The SMILES string of the molecule is COc1cc(CNC(=O)[C@@H](C)Sc2ccc(C)cc2)cc(OC)c1OC. The number of ether oxygens (including phenoxy) is 3. The molecule has 2 rings (SSSR count). The second-order valence-corrected chi connectivity index (χ2v) is 7.24. The topological polar surface area (TPSA) is 56.8 Å². The van der Waals surface area contributed by atoms with Gasteiger partial charge in [-0.3, -0.25) is 4.79 Å². The lowest BCUT2D eigenvalue weighted by Gasteiger charge is -2.15. The summed E-state index contributed by atoms with van der Waals surface area (Å²) in [7, 11) is 4.70. The van der Waals surface area contributed by atoms with Crippen LogP contribution in [0.4, 0.5) is 0 Å². The Balaban J connectivity index is 2.00. The van der Waals surface area contributed by atoms with Crippen molar-refractivity contribution in [1.29, 1.82) is 0 Å². The molecular weight excluding hydrogens is 350 g/mol. The van der Waals surface area contributed by atoms with Crippen LogP contribution in [-0.4, -0.2) is 32.5 Å². The minimum absolute atomic E-state index is 0.0238. The summed E-state index contributed by atoms with van der Waals surface area (Å²) in [6.07, 6.45) is 0. The molecule has 140 valence electrons. The van der Waals surface area contributed by atoms with E-state index in [-0.39, 0.29) is 11.2 Å². The van der Waals surface area contributed by atoms with Crippen LogP contribution in [0.15, 0.2) is 41.3 Å².